The minimum Gasteiger partial charge on any atom is -0.406 e. The van der Waals surface area contributed by atoms with Crippen molar-refractivity contribution in [1.29, 1.82) is 0 Å². The van der Waals surface area contributed by atoms with Gasteiger partial charge in [-0.15, -0.1) is 13.2 Å². The van der Waals surface area contributed by atoms with Crippen LogP contribution in [0.3, 0.4) is 0 Å². The zero-order valence-corrected chi connectivity index (χ0v) is 9.26. The molecule has 5 heteroatoms. The van der Waals surface area contributed by atoms with Gasteiger partial charge in [0.1, 0.15) is 5.75 Å². The van der Waals surface area contributed by atoms with Crippen molar-refractivity contribution >= 4 is 0 Å². The molecule has 94 valence electrons. The molecule has 1 heterocycles. The van der Waals surface area contributed by atoms with Crippen LogP contribution >= 0.6 is 0 Å². The minimum absolute atomic E-state index is 0.0769. The van der Waals surface area contributed by atoms with Crippen LogP contribution in [0.2, 0.25) is 0 Å². The normalized spacial score (nSPS) is 20.5. The second-order valence-electron chi connectivity index (χ2n) is 4.22. The van der Waals surface area contributed by atoms with E-state index in [-0.39, 0.29) is 5.75 Å². The lowest BCUT2D eigenvalue weighted by molar-refractivity contribution is -0.274. The van der Waals surface area contributed by atoms with Gasteiger partial charge in [-0.1, -0.05) is 18.2 Å². The molecule has 17 heavy (non-hydrogen) atoms. The van der Waals surface area contributed by atoms with Gasteiger partial charge in [-0.2, -0.15) is 0 Å². The number of alkyl halides is 3. The van der Waals surface area contributed by atoms with E-state index >= 15 is 0 Å². The molecule has 0 amide bonds. The van der Waals surface area contributed by atoms with Crippen LogP contribution in [0.4, 0.5) is 13.2 Å². The molecule has 0 aliphatic carbocycles. The van der Waals surface area contributed by atoms with Crippen LogP contribution in [0.5, 0.6) is 5.75 Å². The van der Waals surface area contributed by atoms with Crippen LogP contribution in [0, 0.1) is 5.92 Å². The standard InChI is InChI=1S/C12H14F3NO/c13-12(14,15)17-11-4-2-1-3-10(11)7-9-5-6-16-8-9/h1-4,9,16H,5-8H2. The third-order valence-electron chi connectivity index (χ3n) is 2.87. The van der Waals surface area contributed by atoms with Crippen molar-refractivity contribution in [2.45, 2.75) is 19.2 Å². The molecule has 2 rings (SSSR count). The fraction of sp³-hybridized carbons (Fsp3) is 0.500. The van der Waals surface area contributed by atoms with Gasteiger partial charge in [0.05, 0.1) is 0 Å². The fourth-order valence-corrected chi connectivity index (χ4v) is 2.10. The van der Waals surface area contributed by atoms with Gasteiger partial charge >= 0.3 is 6.36 Å². The summed E-state index contributed by atoms with van der Waals surface area (Å²) in [6.07, 6.45) is -3.00. The smallest absolute Gasteiger partial charge is 0.406 e. The maximum Gasteiger partial charge on any atom is 0.573 e. The molecule has 1 atom stereocenters. The van der Waals surface area contributed by atoms with Gasteiger partial charge in [-0.05, 0) is 43.5 Å². The van der Waals surface area contributed by atoms with E-state index in [1.807, 2.05) is 0 Å². The first-order valence-corrected chi connectivity index (χ1v) is 5.59. The second kappa shape index (κ2) is 4.96. The van der Waals surface area contributed by atoms with E-state index in [2.05, 4.69) is 10.1 Å². The van der Waals surface area contributed by atoms with Crippen LogP contribution in [-0.4, -0.2) is 19.5 Å². The van der Waals surface area contributed by atoms with Gasteiger partial charge in [-0.3, -0.25) is 0 Å². The van der Waals surface area contributed by atoms with E-state index in [0.717, 1.165) is 19.5 Å². The highest BCUT2D eigenvalue weighted by Crippen LogP contribution is 2.28. The Bertz CT molecular complexity index is 372. The van der Waals surface area contributed by atoms with Gasteiger partial charge < -0.3 is 10.1 Å². The predicted octanol–water partition coefficient (Wildman–Crippen LogP) is 2.74. The summed E-state index contributed by atoms with van der Waals surface area (Å²) in [5.74, 6) is 0.319. The molecule has 0 radical (unpaired) electrons. The minimum atomic E-state index is -4.62. The van der Waals surface area contributed by atoms with Gasteiger partial charge in [-0.25, -0.2) is 0 Å². The van der Waals surface area contributed by atoms with E-state index in [4.69, 9.17) is 0 Å². The quantitative estimate of drug-likeness (QED) is 0.884. The third kappa shape index (κ3) is 3.63. The number of rotatable bonds is 3. The third-order valence-corrected chi connectivity index (χ3v) is 2.87. The van der Waals surface area contributed by atoms with E-state index in [1.54, 1.807) is 18.2 Å². The number of para-hydroxylation sites is 1. The molecule has 1 aliphatic rings. The molecule has 1 aliphatic heterocycles. The molecule has 0 spiro atoms. The molecule has 1 unspecified atom stereocenters. The van der Waals surface area contributed by atoms with Gasteiger partial charge in [0, 0.05) is 0 Å². The lowest BCUT2D eigenvalue weighted by Gasteiger charge is -2.15. The molecule has 1 N–H and O–H groups in total. The number of benzene rings is 1. The molecule has 2 nitrogen and oxygen atoms in total. The van der Waals surface area contributed by atoms with E-state index in [1.165, 1.54) is 6.07 Å². The number of hydrogen-bond donors (Lipinski definition) is 1. The maximum absolute atomic E-state index is 12.2. The molecule has 0 bridgehead atoms. The fourth-order valence-electron chi connectivity index (χ4n) is 2.10. The summed E-state index contributed by atoms with van der Waals surface area (Å²) in [6.45, 7) is 1.80. The summed E-state index contributed by atoms with van der Waals surface area (Å²) in [5, 5.41) is 3.20. The average Bonchev–Trinajstić information content (AvgIpc) is 2.71. The molecule has 0 saturated carbocycles. The van der Waals surface area contributed by atoms with E-state index < -0.39 is 6.36 Å². The average molecular weight is 245 g/mol. The van der Waals surface area contributed by atoms with E-state index in [0.29, 0.717) is 17.9 Å². The highest BCUT2D eigenvalue weighted by molar-refractivity contribution is 5.34. The predicted molar refractivity (Wildman–Crippen MR) is 57.8 cm³/mol. The first-order chi connectivity index (χ1) is 8.04. The lowest BCUT2D eigenvalue weighted by Crippen LogP contribution is -2.19. The molecule has 1 fully saturated rings. The number of halogens is 3. The molecule has 1 saturated heterocycles. The first kappa shape index (κ1) is 12.2. The van der Waals surface area contributed by atoms with Crippen LogP contribution < -0.4 is 10.1 Å². The summed E-state index contributed by atoms with van der Waals surface area (Å²) in [4.78, 5) is 0. The van der Waals surface area contributed by atoms with Crippen molar-refractivity contribution in [3.8, 4) is 5.75 Å². The zero-order valence-electron chi connectivity index (χ0n) is 9.26. The van der Waals surface area contributed by atoms with Crippen molar-refractivity contribution in [2.24, 2.45) is 5.92 Å². The second-order valence-corrected chi connectivity index (χ2v) is 4.22. The lowest BCUT2D eigenvalue weighted by atomic mass is 9.98. The summed E-state index contributed by atoms with van der Waals surface area (Å²) >= 11 is 0. The summed E-state index contributed by atoms with van der Waals surface area (Å²) < 4.78 is 40.6. The van der Waals surface area contributed by atoms with Gasteiger partial charge in [0.15, 0.2) is 0 Å². The Hall–Kier alpha value is -1.23. The van der Waals surface area contributed by atoms with Crippen LogP contribution in [0.15, 0.2) is 24.3 Å². The van der Waals surface area contributed by atoms with Crippen LogP contribution in [0.25, 0.3) is 0 Å². The number of hydrogen-bond acceptors (Lipinski definition) is 2. The van der Waals surface area contributed by atoms with Gasteiger partial charge in [0.25, 0.3) is 0 Å². The molecule has 1 aromatic rings. The monoisotopic (exact) mass is 245 g/mol. The number of ether oxygens (including phenoxy) is 1. The largest absolute Gasteiger partial charge is 0.573 e. The van der Waals surface area contributed by atoms with Crippen molar-refractivity contribution in [1.82, 2.24) is 5.32 Å². The zero-order chi connectivity index (χ0) is 12.3. The Morgan fingerprint density at radius 3 is 2.71 bits per heavy atom. The Kier molecular flexibility index (Phi) is 3.57. The van der Waals surface area contributed by atoms with Crippen molar-refractivity contribution < 1.29 is 17.9 Å². The molecular formula is C12H14F3NO. The Labute approximate surface area is 97.8 Å². The van der Waals surface area contributed by atoms with Gasteiger partial charge in [0.2, 0.25) is 0 Å². The van der Waals surface area contributed by atoms with Crippen LogP contribution in [-0.2, 0) is 6.42 Å². The summed E-state index contributed by atoms with van der Waals surface area (Å²) in [7, 11) is 0. The summed E-state index contributed by atoms with van der Waals surface area (Å²) in [5.41, 5.74) is 0.624. The van der Waals surface area contributed by atoms with E-state index in [9.17, 15) is 13.2 Å². The maximum atomic E-state index is 12.2. The molecular weight excluding hydrogens is 231 g/mol. The Balaban J connectivity index is 2.09. The SMILES string of the molecule is FC(F)(F)Oc1ccccc1CC1CCNC1. The molecule has 1 aromatic carbocycles. The van der Waals surface area contributed by atoms with Crippen molar-refractivity contribution in [2.75, 3.05) is 13.1 Å². The first-order valence-electron chi connectivity index (χ1n) is 5.59. The van der Waals surface area contributed by atoms with Crippen molar-refractivity contribution in [3.05, 3.63) is 29.8 Å². The van der Waals surface area contributed by atoms with Crippen molar-refractivity contribution in [3.63, 3.8) is 0 Å². The highest BCUT2D eigenvalue weighted by Gasteiger charge is 2.32. The number of nitrogens with one attached hydrogen (secondary N) is 1. The summed E-state index contributed by atoms with van der Waals surface area (Å²) in [6, 6.07) is 6.35. The molecule has 0 aromatic heterocycles. The van der Waals surface area contributed by atoms with Crippen LogP contribution in [0.1, 0.15) is 12.0 Å². The highest BCUT2D eigenvalue weighted by atomic mass is 19.4. The topological polar surface area (TPSA) is 21.3 Å². The Morgan fingerprint density at radius 2 is 2.06 bits per heavy atom. The Morgan fingerprint density at radius 1 is 1.29 bits per heavy atom.